The Labute approximate surface area is 120 Å². The van der Waals surface area contributed by atoms with Crippen LogP contribution in [0, 0.1) is 5.95 Å². The molecule has 2 rings (SSSR count). The number of hydrogen-bond donors (Lipinski definition) is 1. The fourth-order valence-corrected chi connectivity index (χ4v) is 1.77. The Balaban J connectivity index is 2.25. The van der Waals surface area contributed by atoms with Gasteiger partial charge in [-0.2, -0.15) is 4.39 Å². The van der Waals surface area contributed by atoms with Crippen LogP contribution in [0.15, 0.2) is 36.4 Å². The number of aromatic nitrogens is 1. The van der Waals surface area contributed by atoms with Crippen LogP contribution < -0.4 is 10.1 Å². The van der Waals surface area contributed by atoms with Crippen LogP contribution in [0.2, 0.25) is 5.02 Å². The van der Waals surface area contributed by atoms with Gasteiger partial charge in [0.05, 0.1) is 12.3 Å². The Morgan fingerprint density at radius 1 is 1.40 bits per heavy atom. The number of rotatable bonds is 4. The van der Waals surface area contributed by atoms with Crippen LogP contribution in [0.1, 0.15) is 17.4 Å². The molecule has 4 nitrogen and oxygen atoms in total. The fraction of sp³-hybridized carbons (Fsp3) is 0.143. The Morgan fingerprint density at radius 2 is 2.20 bits per heavy atom. The molecule has 1 aromatic heterocycles. The molecular weight excluding hydrogens is 283 g/mol. The van der Waals surface area contributed by atoms with Crippen molar-refractivity contribution < 1.29 is 13.9 Å². The molecule has 0 atom stereocenters. The zero-order valence-corrected chi connectivity index (χ0v) is 11.4. The summed E-state index contributed by atoms with van der Waals surface area (Å²) >= 11 is 5.89. The molecule has 1 amide bonds. The highest BCUT2D eigenvalue weighted by Crippen LogP contribution is 2.28. The average Bonchev–Trinajstić information content (AvgIpc) is 2.42. The first-order valence-corrected chi connectivity index (χ1v) is 6.34. The standard InChI is InChI=1S/C14H12ClFN2O2/c1-2-20-12-7-6-9(15)8-11(12)18-14(19)10-4-3-5-13(16)17-10/h3-8H,2H2,1H3,(H,18,19). The maximum absolute atomic E-state index is 13.0. The van der Waals surface area contributed by atoms with Crippen molar-refractivity contribution in [2.24, 2.45) is 0 Å². The fourth-order valence-electron chi connectivity index (χ4n) is 1.60. The van der Waals surface area contributed by atoms with Gasteiger partial charge < -0.3 is 10.1 Å². The van der Waals surface area contributed by atoms with Crippen molar-refractivity contribution >= 4 is 23.2 Å². The molecule has 0 saturated heterocycles. The molecule has 0 unspecified atom stereocenters. The molecular formula is C14H12ClFN2O2. The van der Waals surface area contributed by atoms with Crippen LogP contribution in [-0.4, -0.2) is 17.5 Å². The van der Waals surface area contributed by atoms with E-state index < -0.39 is 11.9 Å². The van der Waals surface area contributed by atoms with Gasteiger partial charge in [-0.15, -0.1) is 0 Å². The van der Waals surface area contributed by atoms with Gasteiger partial charge in [-0.05, 0) is 37.3 Å². The van der Waals surface area contributed by atoms with Crippen molar-refractivity contribution in [1.29, 1.82) is 0 Å². The summed E-state index contributed by atoms with van der Waals surface area (Å²) in [6, 6.07) is 8.87. The number of nitrogens with one attached hydrogen (secondary N) is 1. The van der Waals surface area contributed by atoms with Gasteiger partial charge in [0.2, 0.25) is 5.95 Å². The third-order valence-electron chi connectivity index (χ3n) is 2.44. The number of carbonyl (C=O) groups excluding carboxylic acids is 1. The average molecular weight is 295 g/mol. The van der Waals surface area contributed by atoms with Crippen LogP contribution in [0.5, 0.6) is 5.75 Å². The second-order valence-electron chi connectivity index (χ2n) is 3.87. The quantitative estimate of drug-likeness (QED) is 0.878. The molecule has 0 fully saturated rings. The largest absolute Gasteiger partial charge is 0.492 e. The lowest BCUT2D eigenvalue weighted by Crippen LogP contribution is -2.15. The maximum atomic E-state index is 13.0. The van der Waals surface area contributed by atoms with Crippen molar-refractivity contribution in [3.05, 3.63) is 53.1 Å². The first-order valence-electron chi connectivity index (χ1n) is 5.96. The first kappa shape index (κ1) is 14.3. The van der Waals surface area contributed by atoms with E-state index in [9.17, 15) is 9.18 Å². The number of amides is 1. The summed E-state index contributed by atoms with van der Waals surface area (Å²) in [5.41, 5.74) is 0.392. The normalized spacial score (nSPS) is 10.2. The van der Waals surface area contributed by atoms with Crippen molar-refractivity contribution in [3.63, 3.8) is 0 Å². The molecule has 1 aromatic carbocycles. The van der Waals surface area contributed by atoms with Crippen molar-refractivity contribution in [1.82, 2.24) is 4.98 Å². The van der Waals surface area contributed by atoms with E-state index in [1.165, 1.54) is 18.2 Å². The molecule has 1 heterocycles. The second-order valence-corrected chi connectivity index (χ2v) is 4.31. The number of nitrogens with zero attached hydrogens (tertiary/aromatic N) is 1. The summed E-state index contributed by atoms with van der Waals surface area (Å²) in [4.78, 5) is 15.5. The van der Waals surface area contributed by atoms with Crippen LogP contribution in [0.4, 0.5) is 10.1 Å². The highest BCUT2D eigenvalue weighted by Gasteiger charge is 2.12. The Morgan fingerprint density at radius 3 is 2.90 bits per heavy atom. The highest BCUT2D eigenvalue weighted by molar-refractivity contribution is 6.31. The third-order valence-corrected chi connectivity index (χ3v) is 2.67. The minimum absolute atomic E-state index is 0.0209. The Hall–Kier alpha value is -2.14. The van der Waals surface area contributed by atoms with Gasteiger partial charge in [0.1, 0.15) is 11.4 Å². The van der Waals surface area contributed by atoms with Gasteiger partial charge in [-0.3, -0.25) is 4.79 Å². The third kappa shape index (κ3) is 3.45. The topological polar surface area (TPSA) is 51.2 Å². The molecule has 0 bridgehead atoms. The maximum Gasteiger partial charge on any atom is 0.274 e. The van der Waals surface area contributed by atoms with E-state index in [1.54, 1.807) is 18.2 Å². The van der Waals surface area contributed by atoms with E-state index in [1.807, 2.05) is 6.92 Å². The number of carbonyl (C=O) groups is 1. The second kappa shape index (κ2) is 6.34. The van der Waals surface area contributed by atoms with Gasteiger partial charge in [0.15, 0.2) is 0 Å². The van der Waals surface area contributed by atoms with E-state index in [-0.39, 0.29) is 5.69 Å². The summed E-state index contributed by atoms with van der Waals surface area (Å²) in [5.74, 6) is -0.761. The lowest BCUT2D eigenvalue weighted by atomic mass is 10.2. The SMILES string of the molecule is CCOc1ccc(Cl)cc1NC(=O)c1cccc(F)n1. The van der Waals surface area contributed by atoms with Gasteiger partial charge in [-0.25, -0.2) is 4.98 Å². The number of anilines is 1. The van der Waals surface area contributed by atoms with Gasteiger partial charge in [0.25, 0.3) is 5.91 Å². The summed E-state index contributed by atoms with van der Waals surface area (Å²) in [5, 5.41) is 3.06. The zero-order chi connectivity index (χ0) is 14.5. The van der Waals surface area contributed by atoms with Gasteiger partial charge >= 0.3 is 0 Å². The molecule has 0 aliphatic rings. The van der Waals surface area contributed by atoms with Crippen molar-refractivity contribution in [3.8, 4) is 5.75 Å². The number of pyridine rings is 1. The van der Waals surface area contributed by atoms with E-state index in [4.69, 9.17) is 16.3 Å². The lowest BCUT2D eigenvalue weighted by molar-refractivity contribution is 0.102. The van der Waals surface area contributed by atoms with Gasteiger partial charge in [0, 0.05) is 5.02 Å². The molecule has 0 spiro atoms. The molecule has 6 heteroatoms. The van der Waals surface area contributed by atoms with E-state index >= 15 is 0 Å². The molecule has 2 aromatic rings. The van der Waals surface area contributed by atoms with Crippen LogP contribution in [-0.2, 0) is 0 Å². The molecule has 104 valence electrons. The van der Waals surface area contributed by atoms with Gasteiger partial charge in [-0.1, -0.05) is 17.7 Å². The number of hydrogen-bond acceptors (Lipinski definition) is 3. The smallest absolute Gasteiger partial charge is 0.274 e. The van der Waals surface area contributed by atoms with Crippen molar-refractivity contribution in [2.45, 2.75) is 6.92 Å². The van der Waals surface area contributed by atoms with Crippen LogP contribution in [0.25, 0.3) is 0 Å². The summed E-state index contributed by atoms with van der Waals surface area (Å²) in [7, 11) is 0. The van der Waals surface area contributed by atoms with E-state index in [2.05, 4.69) is 10.3 Å². The van der Waals surface area contributed by atoms with Crippen LogP contribution in [0.3, 0.4) is 0 Å². The van der Waals surface area contributed by atoms with Crippen LogP contribution >= 0.6 is 11.6 Å². The minimum atomic E-state index is -0.714. The summed E-state index contributed by atoms with van der Waals surface area (Å²) in [6.07, 6.45) is 0. The number of ether oxygens (including phenoxy) is 1. The molecule has 0 aliphatic carbocycles. The minimum Gasteiger partial charge on any atom is -0.492 e. The van der Waals surface area contributed by atoms with Crippen molar-refractivity contribution in [2.75, 3.05) is 11.9 Å². The first-order chi connectivity index (χ1) is 9.60. The predicted octanol–water partition coefficient (Wildman–Crippen LogP) is 3.53. The highest BCUT2D eigenvalue weighted by atomic mass is 35.5. The summed E-state index contributed by atoms with van der Waals surface area (Å²) in [6.45, 7) is 2.27. The molecule has 0 aliphatic heterocycles. The molecule has 0 radical (unpaired) electrons. The number of benzene rings is 1. The predicted molar refractivity (Wildman–Crippen MR) is 74.8 cm³/mol. The zero-order valence-electron chi connectivity index (χ0n) is 10.7. The van der Waals surface area contributed by atoms with E-state index in [0.717, 1.165) is 0 Å². The molecule has 0 saturated carbocycles. The Kier molecular flexibility index (Phi) is 4.53. The van der Waals surface area contributed by atoms with E-state index in [0.29, 0.717) is 23.1 Å². The molecule has 20 heavy (non-hydrogen) atoms. The number of halogens is 2. The molecule has 1 N–H and O–H groups in total. The monoisotopic (exact) mass is 294 g/mol. The summed E-state index contributed by atoms with van der Waals surface area (Å²) < 4.78 is 18.4. The Bertz CT molecular complexity index is 634. The lowest BCUT2D eigenvalue weighted by Gasteiger charge is -2.11.